The summed E-state index contributed by atoms with van der Waals surface area (Å²) in [6.45, 7) is 4.17. The molecule has 1 aromatic heterocycles. The second kappa shape index (κ2) is 7.77. The Hall–Kier alpha value is -3.03. The quantitative estimate of drug-likeness (QED) is 0.779. The van der Waals surface area contributed by atoms with Crippen LogP contribution in [0.2, 0.25) is 0 Å². The Morgan fingerprint density at radius 1 is 1.31 bits per heavy atom. The van der Waals surface area contributed by atoms with Crippen molar-refractivity contribution >= 4 is 17.7 Å². The van der Waals surface area contributed by atoms with Crippen LogP contribution in [0.15, 0.2) is 24.5 Å². The van der Waals surface area contributed by atoms with Gasteiger partial charge in [-0.1, -0.05) is 0 Å². The third-order valence-corrected chi connectivity index (χ3v) is 5.51. The van der Waals surface area contributed by atoms with Crippen molar-refractivity contribution in [1.82, 2.24) is 15.1 Å². The second-order valence-corrected chi connectivity index (χ2v) is 7.66. The summed E-state index contributed by atoms with van der Waals surface area (Å²) in [7, 11) is 0. The number of ether oxygens (including phenoxy) is 1. The van der Waals surface area contributed by atoms with Gasteiger partial charge in [-0.3, -0.25) is 14.4 Å². The summed E-state index contributed by atoms with van der Waals surface area (Å²) in [6.07, 6.45) is 6.48. The Bertz CT molecular complexity index is 935. The highest BCUT2D eigenvalue weighted by Crippen LogP contribution is 2.43. The Morgan fingerprint density at radius 2 is 2.10 bits per heavy atom. The topological polar surface area (TPSA) is 96.7 Å². The van der Waals surface area contributed by atoms with Crippen molar-refractivity contribution in [2.45, 2.75) is 51.6 Å². The molecular weight excluding hydrogens is 372 g/mol. The van der Waals surface area contributed by atoms with Gasteiger partial charge >= 0.3 is 6.09 Å². The van der Waals surface area contributed by atoms with Crippen molar-refractivity contribution in [1.29, 1.82) is 0 Å². The first-order valence-electron chi connectivity index (χ1n) is 10.1. The van der Waals surface area contributed by atoms with Gasteiger partial charge in [-0.15, -0.1) is 0 Å². The molecule has 2 aliphatic rings. The van der Waals surface area contributed by atoms with E-state index in [1.54, 1.807) is 6.20 Å². The van der Waals surface area contributed by atoms with Gasteiger partial charge in [0.1, 0.15) is 5.75 Å². The highest BCUT2D eigenvalue weighted by atomic mass is 16.5. The number of anilines is 1. The number of rotatable bonds is 6. The number of benzene rings is 1. The molecule has 4 rings (SSSR count). The van der Waals surface area contributed by atoms with Gasteiger partial charge < -0.3 is 15.2 Å². The van der Waals surface area contributed by atoms with E-state index in [0.717, 1.165) is 29.5 Å². The Labute approximate surface area is 169 Å². The number of likely N-dealkylation sites (N-methyl/N-ethyl adjacent to an activating group) is 1. The van der Waals surface area contributed by atoms with Crippen molar-refractivity contribution in [3.8, 4) is 16.9 Å². The Balaban J connectivity index is 1.75. The van der Waals surface area contributed by atoms with Crippen LogP contribution in [-0.4, -0.2) is 46.1 Å². The van der Waals surface area contributed by atoms with Gasteiger partial charge in [0, 0.05) is 35.5 Å². The highest BCUT2D eigenvalue weighted by Gasteiger charge is 2.32. The zero-order valence-corrected chi connectivity index (χ0v) is 16.7. The first kappa shape index (κ1) is 19.3. The first-order valence-corrected chi connectivity index (χ1v) is 10.1. The minimum atomic E-state index is -0.984. The van der Waals surface area contributed by atoms with E-state index in [1.807, 2.05) is 36.9 Å². The molecule has 2 amide bonds. The molecule has 0 radical (unpaired) electrons. The lowest BCUT2D eigenvalue weighted by atomic mass is 9.92. The number of hydrogen-bond acceptors (Lipinski definition) is 4. The molecular formula is C21H26N4O4. The molecule has 8 nitrogen and oxygen atoms in total. The van der Waals surface area contributed by atoms with Crippen LogP contribution in [0.5, 0.6) is 5.75 Å². The molecule has 1 aliphatic carbocycles. The molecule has 1 aliphatic heterocycles. The molecule has 1 aromatic carbocycles. The average molecular weight is 398 g/mol. The molecule has 154 valence electrons. The molecule has 0 saturated heterocycles. The molecule has 1 fully saturated rings. The number of nitrogens with one attached hydrogen (secondary N) is 1. The number of amides is 2. The Kier molecular flexibility index (Phi) is 5.17. The summed E-state index contributed by atoms with van der Waals surface area (Å²) in [5.74, 6) is 0.367. The highest BCUT2D eigenvalue weighted by molar-refractivity contribution is 5.91. The molecule has 2 aromatic rings. The van der Waals surface area contributed by atoms with Crippen molar-refractivity contribution < 1.29 is 19.4 Å². The molecule has 2 N–H and O–H groups in total. The van der Waals surface area contributed by atoms with E-state index >= 15 is 0 Å². The van der Waals surface area contributed by atoms with Gasteiger partial charge in [-0.05, 0) is 51.7 Å². The molecule has 0 spiro atoms. The van der Waals surface area contributed by atoms with Gasteiger partial charge in [-0.2, -0.15) is 5.10 Å². The van der Waals surface area contributed by atoms with Crippen molar-refractivity contribution in [3.05, 3.63) is 30.1 Å². The summed E-state index contributed by atoms with van der Waals surface area (Å²) in [4.78, 5) is 25.2. The zero-order valence-electron chi connectivity index (χ0n) is 16.7. The van der Waals surface area contributed by atoms with Crippen LogP contribution < -0.4 is 15.0 Å². The van der Waals surface area contributed by atoms with E-state index in [4.69, 9.17) is 4.74 Å². The van der Waals surface area contributed by atoms with Gasteiger partial charge in [0.05, 0.1) is 17.9 Å². The smallest absolute Gasteiger partial charge is 0.412 e. The third kappa shape index (κ3) is 3.79. The molecule has 1 saturated carbocycles. The van der Waals surface area contributed by atoms with Crippen LogP contribution in [-0.2, 0) is 11.2 Å². The van der Waals surface area contributed by atoms with E-state index in [2.05, 4.69) is 10.4 Å². The minimum Gasteiger partial charge on any atom is -0.483 e. The van der Waals surface area contributed by atoms with E-state index in [9.17, 15) is 14.7 Å². The van der Waals surface area contributed by atoms with E-state index in [1.165, 1.54) is 4.90 Å². The zero-order chi connectivity index (χ0) is 20.5. The maximum atomic E-state index is 12.0. The molecule has 2 heterocycles. The molecule has 29 heavy (non-hydrogen) atoms. The SMILES string of the molecule is CCNC(=O)COc1c(-c2cnn(C3CC3)c2)ccc2c1CC[C@H](C)N2C(=O)O. The second-order valence-electron chi connectivity index (χ2n) is 7.66. The number of carbonyl (C=O) groups excluding carboxylic acids is 1. The lowest BCUT2D eigenvalue weighted by Crippen LogP contribution is -2.41. The van der Waals surface area contributed by atoms with Crippen LogP contribution in [0.4, 0.5) is 10.5 Å². The number of carboxylic acid groups (broad SMARTS) is 1. The fraction of sp³-hybridized carbons (Fsp3) is 0.476. The summed E-state index contributed by atoms with van der Waals surface area (Å²) >= 11 is 0. The Morgan fingerprint density at radius 3 is 2.79 bits per heavy atom. The molecule has 0 bridgehead atoms. The predicted octanol–water partition coefficient (Wildman–Crippen LogP) is 3.22. The monoisotopic (exact) mass is 398 g/mol. The molecule has 1 atom stereocenters. The minimum absolute atomic E-state index is 0.111. The summed E-state index contributed by atoms with van der Waals surface area (Å²) in [6, 6.07) is 4.06. The molecule has 0 unspecified atom stereocenters. The van der Waals surface area contributed by atoms with E-state index < -0.39 is 6.09 Å². The summed E-state index contributed by atoms with van der Waals surface area (Å²) in [5, 5.41) is 16.9. The van der Waals surface area contributed by atoms with Crippen LogP contribution >= 0.6 is 0 Å². The van der Waals surface area contributed by atoms with Gasteiger partial charge in [0.25, 0.3) is 5.91 Å². The van der Waals surface area contributed by atoms with Gasteiger partial charge in [0.15, 0.2) is 6.61 Å². The van der Waals surface area contributed by atoms with Gasteiger partial charge in [0.2, 0.25) is 0 Å². The normalized spacial score (nSPS) is 18.3. The average Bonchev–Trinajstić information content (AvgIpc) is 3.43. The van der Waals surface area contributed by atoms with Crippen LogP contribution in [0.3, 0.4) is 0 Å². The largest absolute Gasteiger partial charge is 0.483 e. The van der Waals surface area contributed by atoms with E-state index in [-0.39, 0.29) is 18.6 Å². The number of aromatic nitrogens is 2. The van der Waals surface area contributed by atoms with Crippen LogP contribution in [0, 0.1) is 0 Å². The maximum Gasteiger partial charge on any atom is 0.412 e. The lowest BCUT2D eigenvalue weighted by Gasteiger charge is -2.34. The van der Waals surface area contributed by atoms with E-state index in [0.29, 0.717) is 36.9 Å². The standard InChI is InChI=1S/C21H26N4O4/c1-3-22-19(26)12-29-20-16(14-10-23-24(11-14)15-5-6-15)8-9-18-17(20)7-4-13(2)25(18)21(27)28/h8-11,13,15H,3-7,12H2,1-2H3,(H,22,26)(H,27,28)/t13-/m0/s1. The maximum absolute atomic E-state index is 12.0. The fourth-order valence-corrected chi connectivity index (χ4v) is 3.89. The molecule has 8 heteroatoms. The number of nitrogens with zero attached hydrogens (tertiary/aromatic N) is 3. The van der Waals surface area contributed by atoms with Crippen LogP contribution in [0.25, 0.3) is 11.1 Å². The lowest BCUT2D eigenvalue weighted by molar-refractivity contribution is -0.122. The third-order valence-electron chi connectivity index (χ3n) is 5.51. The van der Waals surface area contributed by atoms with Gasteiger partial charge in [-0.25, -0.2) is 4.79 Å². The summed E-state index contributed by atoms with van der Waals surface area (Å²) < 4.78 is 7.95. The number of hydrogen-bond donors (Lipinski definition) is 2. The number of carbonyl (C=O) groups is 2. The summed E-state index contributed by atoms with van der Waals surface area (Å²) in [5.41, 5.74) is 3.19. The van der Waals surface area contributed by atoms with Crippen molar-refractivity contribution in [2.75, 3.05) is 18.1 Å². The first-order chi connectivity index (χ1) is 14.0. The van der Waals surface area contributed by atoms with Crippen LogP contribution in [0.1, 0.15) is 44.7 Å². The number of fused-ring (bicyclic) bond motifs is 1. The van der Waals surface area contributed by atoms with Crippen molar-refractivity contribution in [3.63, 3.8) is 0 Å². The fourth-order valence-electron chi connectivity index (χ4n) is 3.89. The van der Waals surface area contributed by atoms with Crippen molar-refractivity contribution in [2.24, 2.45) is 0 Å². The predicted molar refractivity (Wildman–Crippen MR) is 108 cm³/mol.